The Labute approximate surface area is 116 Å². The third-order valence-corrected chi connectivity index (χ3v) is 1.29. The summed E-state index contributed by atoms with van der Waals surface area (Å²) in [5.41, 5.74) is -2.74. The second kappa shape index (κ2) is 8.08. The van der Waals surface area contributed by atoms with Crippen molar-refractivity contribution >= 4 is 44.1 Å². The zero-order chi connectivity index (χ0) is 10.6. The van der Waals surface area contributed by atoms with Gasteiger partial charge in [0.15, 0.2) is 5.60 Å². The normalized spacial score (nSPS) is 9.40. The van der Waals surface area contributed by atoms with Crippen molar-refractivity contribution in [3.63, 3.8) is 0 Å². The number of aliphatic carboxylic acids is 3. The molecule has 0 amide bonds. The molecule has 0 radical (unpaired) electrons. The quantitative estimate of drug-likeness (QED) is 0.329. The van der Waals surface area contributed by atoms with E-state index in [1.807, 2.05) is 0 Å². The first-order valence-corrected chi connectivity index (χ1v) is 3.17. The van der Waals surface area contributed by atoms with Gasteiger partial charge in [-0.25, -0.2) is 4.79 Å². The molecule has 0 saturated heterocycles. The van der Waals surface area contributed by atoms with Crippen LogP contribution in [0.4, 0.5) is 0 Å². The van der Waals surface area contributed by atoms with Gasteiger partial charge in [-0.1, -0.05) is 0 Å². The predicted octanol–water partition coefficient (Wildman–Crippen LogP) is -2.43. The van der Waals surface area contributed by atoms with E-state index in [1.165, 1.54) is 0 Å². The van der Waals surface area contributed by atoms with Crippen LogP contribution in [0.25, 0.3) is 0 Å². The van der Waals surface area contributed by atoms with Gasteiger partial charge in [-0.05, 0) is 0 Å². The summed E-state index contributed by atoms with van der Waals surface area (Å²) in [5, 5.41) is 33.8. The van der Waals surface area contributed by atoms with Gasteiger partial charge in [0.2, 0.25) is 0 Å². The first kappa shape index (κ1) is 20.3. The smallest absolute Gasteiger partial charge is 0 e. The van der Waals surface area contributed by atoms with Crippen molar-refractivity contribution < 1.29 is 54.3 Å². The summed E-state index contributed by atoms with van der Waals surface area (Å²) in [5.74, 6) is -5.02. The van der Waals surface area contributed by atoms with Gasteiger partial charge in [-0.3, -0.25) is 9.59 Å². The van der Waals surface area contributed by atoms with Crippen molar-refractivity contribution in [1.82, 2.24) is 0 Å². The molecule has 9 heteroatoms. The summed E-state index contributed by atoms with van der Waals surface area (Å²) >= 11 is 0. The van der Waals surface area contributed by atoms with E-state index in [0.29, 0.717) is 0 Å². The molecule has 0 saturated carbocycles. The monoisotopic (exact) mass is 468 g/mol. The summed E-state index contributed by atoms with van der Waals surface area (Å²) in [6.45, 7) is 0. The molecule has 4 N–H and O–H groups in total. The Morgan fingerprint density at radius 3 is 1.33 bits per heavy atom. The van der Waals surface area contributed by atoms with Crippen molar-refractivity contribution in [2.45, 2.75) is 18.4 Å². The number of hydrogen-bond acceptors (Lipinski definition) is 4. The summed E-state index contributed by atoms with van der Waals surface area (Å²) in [4.78, 5) is 30.5. The van der Waals surface area contributed by atoms with Gasteiger partial charge in [0, 0.05) is 19.5 Å². The summed E-state index contributed by atoms with van der Waals surface area (Å²) in [6, 6.07) is 0. The van der Waals surface area contributed by atoms with Gasteiger partial charge >= 0.3 is 44.1 Å². The molecular weight excluding hydrogens is 458 g/mol. The van der Waals surface area contributed by atoms with E-state index in [4.69, 9.17) is 20.4 Å². The second-order valence-electron chi connectivity index (χ2n) is 2.48. The van der Waals surface area contributed by atoms with E-state index in [9.17, 15) is 14.4 Å². The largest absolute Gasteiger partial charge is 0 e. The Morgan fingerprint density at radius 2 is 1.20 bits per heavy atom. The van der Waals surface area contributed by atoms with Crippen LogP contribution in [0.15, 0.2) is 0 Å². The predicted molar refractivity (Wildman–Crippen MR) is 47.0 cm³/mol. The molecule has 15 heavy (non-hydrogen) atoms. The van der Waals surface area contributed by atoms with E-state index in [-0.39, 0.29) is 45.7 Å². The Morgan fingerprint density at radius 1 is 0.933 bits per heavy atom. The molecule has 0 spiro atoms. The first-order chi connectivity index (χ1) is 5.78. The number of carbonyl (C=O) groups is 3. The van der Waals surface area contributed by atoms with Crippen molar-refractivity contribution in [2.24, 2.45) is 0 Å². The molecule has 0 aliphatic carbocycles. The molecule has 0 aliphatic rings. The number of aliphatic hydroxyl groups is 1. The van der Waals surface area contributed by atoms with Gasteiger partial charge in [-0.2, -0.15) is 0 Å². The molecule has 0 aromatic rings. The third-order valence-electron chi connectivity index (χ3n) is 1.29. The number of rotatable bonds is 5. The van der Waals surface area contributed by atoms with Crippen LogP contribution < -0.4 is 0 Å². The van der Waals surface area contributed by atoms with Gasteiger partial charge in [0.25, 0.3) is 0 Å². The fourth-order valence-corrected chi connectivity index (χ4v) is 0.714. The Hall–Kier alpha value is -0.124. The average molecular weight is 470 g/mol. The SMILES string of the molecule is O=C(O)CC(O)(CC(=O)O)C(=O)O.[BiH3].[Zn]. The van der Waals surface area contributed by atoms with Crippen LogP contribution in [0.1, 0.15) is 12.8 Å². The van der Waals surface area contributed by atoms with Crippen LogP contribution >= 0.6 is 0 Å². The summed E-state index contributed by atoms with van der Waals surface area (Å²) < 4.78 is 0. The molecule has 0 atom stereocenters. The number of carboxylic acids is 3. The Balaban J connectivity index is -0.000000720. The molecule has 0 heterocycles. The first-order valence-electron chi connectivity index (χ1n) is 3.17. The second-order valence-corrected chi connectivity index (χ2v) is 2.48. The van der Waals surface area contributed by atoms with E-state index >= 15 is 0 Å². The summed E-state index contributed by atoms with van der Waals surface area (Å²) in [7, 11) is 0. The molecular formula is C6H11BiO7Zn. The Bertz CT molecular complexity index is 238. The standard InChI is InChI=1S/C6H8O7.Bi.Zn.3H/c7-3(8)1-6(13,5(11)12)2-4(9)10;;;;;/h13H,1-2H2,(H,7,8)(H,9,10)(H,11,12);;;;;. The van der Waals surface area contributed by atoms with E-state index in [1.54, 1.807) is 0 Å². The van der Waals surface area contributed by atoms with Crippen molar-refractivity contribution in [3.8, 4) is 0 Å². The average Bonchev–Trinajstić information content (AvgIpc) is 1.82. The molecule has 0 bridgehead atoms. The molecule has 0 unspecified atom stereocenters. The van der Waals surface area contributed by atoms with Gasteiger partial charge in [0.05, 0.1) is 12.8 Å². The zero-order valence-electron chi connectivity index (χ0n) is 7.84. The van der Waals surface area contributed by atoms with Crippen molar-refractivity contribution in [2.75, 3.05) is 0 Å². The molecule has 0 rings (SSSR count). The van der Waals surface area contributed by atoms with Crippen LogP contribution in [-0.2, 0) is 33.9 Å². The molecule has 7 nitrogen and oxygen atoms in total. The van der Waals surface area contributed by atoms with Gasteiger partial charge < -0.3 is 20.4 Å². The maximum Gasteiger partial charge on any atom is 0 e. The maximum atomic E-state index is 10.3. The fourth-order valence-electron chi connectivity index (χ4n) is 0.714. The van der Waals surface area contributed by atoms with Gasteiger partial charge in [-0.15, -0.1) is 0 Å². The molecule has 0 fully saturated rings. The molecule has 0 aliphatic heterocycles. The van der Waals surface area contributed by atoms with Crippen LogP contribution in [0.5, 0.6) is 0 Å². The molecule has 84 valence electrons. The van der Waals surface area contributed by atoms with E-state index in [2.05, 4.69) is 0 Å². The van der Waals surface area contributed by atoms with Crippen LogP contribution in [0.2, 0.25) is 0 Å². The van der Waals surface area contributed by atoms with Gasteiger partial charge in [0.1, 0.15) is 0 Å². The minimum absolute atomic E-state index is 0. The third kappa shape index (κ3) is 7.77. The zero-order valence-corrected chi connectivity index (χ0v) is 16.3. The molecule has 0 aromatic carbocycles. The van der Waals surface area contributed by atoms with Crippen LogP contribution in [0, 0.1) is 0 Å². The topological polar surface area (TPSA) is 132 Å². The number of hydrogen-bond donors (Lipinski definition) is 4. The fraction of sp³-hybridized carbons (Fsp3) is 0.500. The maximum absolute atomic E-state index is 10.3. The number of carboxylic acid groups (broad SMARTS) is 3. The minimum Gasteiger partial charge on any atom is 0 e. The van der Waals surface area contributed by atoms with Crippen LogP contribution in [-0.4, -0.2) is 70.1 Å². The molecule has 0 aromatic heterocycles. The van der Waals surface area contributed by atoms with Crippen molar-refractivity contribution in [1.29, 1.82) is 0 Å². The Kier molecular flexibility index (Phi) is 10.9. The van der Waals surface area contributed by atoms with E-state index in [0.717, 1.165) is 0 Å². The van der Waals surface area contributed by atoms with Crippen LogP contribution in [0.3, 0.4) is 0 Å². The minimum atomic E-state index is -2.74. The summed E-state index contributed by atoms with van der Waals surface area (Å²) in [6.07, 6.45) is -2.29. The van der Waals surface area contributed by atoms with E-state index < -0.39 is 36.4 Å². The van der Waals surface area contributed by atoms with Crippen molar-refractivity contribution in [3.05, 3.63) is 0 Å².